The molecule has 2 unspecified atom stereocenters. The van der Waals surface area contributed by atoms with Gasteiger partial charge >= 0.3 is 0 Å². The van der Waals surface area contributed by atoms with Gasteiger partial charge < -0.3 is 0 Å². The van der Waals surface area contributed by atoms with Crippen LogP contribution in [0.15, 0.2) is 11.4 Å². The average Bonchev–Trinajstić information content (AvgIpc) is 2.64. The molecule has 1 saturated carbocycles. The van der Waals surface area contributed by atoms with Gasteiger partial charge in [0.05, 0.1) is 2.88 Å². The fourth-order valence-corrected chi connectivity index (χ4v) is 3.68. The fraction of sp³-hybridized carbons (Fsp3) is 0.583. The molecule has 1 aliphatic carbocycles. The van der Waals surface area contributed by atoms with E-state index >= 15 is 0 Å². The third kappa shape index (κ3) is 2.81. The Bertz CT molecular complexity index is 358. The second kappa shape index (κ2) is 4.95. The Hall–Kier alpha value is 0.1000. The van der Waals surface area contributed by atoms with Crippen LogP contribution < -0.4 is 0 Å². The number of carbonyl (C=O) groups is 1. The summed E-state index contributed by atoms with van der Waals surface area (Å²) in [4.78, 5) is 12.2. The van der Waals surface area contributed by atoms with E-state index in [0.717, 1.165) is 24.3 Å². The minimum atomic E-state index is 0.291. The highest BCUT2D eigenvalue weighted by atomic mass is 127. The van der Waals surface area contributed by atoms with Crippen LogP contribution in [0.1, 0.15) is 43.0 Å². The molecule has 82 valence electrons. The van der Waals surface area contributed by atoms with Crippen molar-refractivity contribution in [2.75, 3.05) is 0 Å². The van der Waals surface area contributed by atoms with Crippen molar-refractivity contribution in [2.45, 2.75) is 32.6 Å². The van der Waals surface area contributed by atoms with E-state index in [1.807, 2.05) is 11.4 Å². The molecule has 0 N–H and O–H groups in total. The minimum absolute atomic E-state index is 0.291. The minimum Gasteiger partial charge on any atom is -0.294 e. The highest BCUT2D eigenvalue weighted by Gasteiger charge is 2.26. The molecule has 3 heteroatoms. The first-order valence-electron chi connectivity index (χ1n) is 5.45. The molecule has 0 radical (unpaired) electrons. The molecule has 1 heterocycles. The van der Waals surface area contributed by atoms with E-state index < -0.39 is 0 Å². The van der Waals surface area contributed by atoms with Gasteiger partial charge in [0.2, 0.25) is 0 Å². The predicted molar refractivity (Wildman–Crippen MR) is 72.5 cm³/mol. The lowest BCUT2D eigenvalue weighted by Crippen LogP contribution is -2.21. The highest BCUT2D eigenvalue weighted by Crippen LogP contribution is 2.32. The molecular formula is C12H15IOS. The van der Waals surface area contributed by atoms with Crippen LogP contribution in [0.2, 0.25) is 0 Å². The van der Waals surface area contributed by atoms with Crippen molar-refractivity contribution >= 4 is 39.7 Å². The van der Waals surface area contributed by atoms with Crippen molar-refractivity contribution in [1.82, 2.24) is 0 Å². The Balaban J connectivity index is 2.07. The molecule has 0 amide bonds. The molecule has 2 rings (SSSR count). The maximum absolute atomic E-state index is 12.2. The molecule has 1 aromatic heterocycles. The summed E-state index contributed by atoms with van der Waals surface area (Å²) < 4.78 is 1.21. The Morgan fingerprint density at radius 1 is 1.53 bits per heavy atom. The molecule has 0 aliphatic heterocycles. The first-order valence-corrected chi connectivity index (χ1v) is 7.41. The molecule has 15 heavy (non-hydrogen) atoms. The second-order valence-electron chi connectivity index (χ2n) is 4.47. The molecule has 0 saturated heterocycles. The second-order valence-corrected chi connectivity index (χ2v) is 7.28. The van der Waals surface area contributed by atoms with Crippen LogP contribution >= 0.6 is 33.9 Å². The highest BCUT2D eigenvalue weighted by molar-refractivity contribution is 14.1. The lowest BCUT2D eigenvalue weighted by atomic mass is 9.79. The van der Waals surface area contributed by atoms with Gasteiger partial charge in [-0.05, 0) is 47.4 Å². The molecule has 0 aromatic carbocycles. The molecule has 1 aromatic rings. The summed E-state index contributed by atoms with van der Waals surface area (Å²) in [7, 11) is 0. The van der Waals surface area contributed by atoms with Crippen molar-refractivity contribution in [3.8, 4) is 0 Å². The third-order valence-electron chi connectivity index (χ3n) is 3.16. The number of Topliss-reactive ketones (excluding diaryl/α,β-unsaturated/α-hetero) is 1. The molecule has 1 nitrogen and oxygen atoms in total. The van der Waals surface area contributed by atoms with E-state index in [1.54, 1.807) is 11.3 Å². The normalized spacial score (nSPS) is 26.5. The molecule has 2 atom stereocenters. The van der Waals surface area contributed by atoms with Gasteiger partial charge in [0.1, 0.15) is 0 Å². The van der Waals surface area contributed by atoms with Gasteiger partial charge in [0.25, 0.3) is 0 Å². The first-order chi connectivity index (χ1) is 7.16. The Kier molecular flexibility index (Phi) is 3.83. The SMILES string of the molecule is CC1CCCC(C(=O)c2csc(I)c2)C1. The number of rotatable bonds is 2. The van der Waals surface area contributed by atoms with Gasteiger partial charge in [-0.2, -0.15) is 0 Å². The molecule has 0 spiro atoms. The summed E-state index contributed by atoms with van der Waals surface area (Å²) >= 11 is 3.94. The van der Waals surface area contributed by atoms with Crippen LogP contribution in [0, 0.1) is 14.7 Å². The zero-order valence-electron chi connectivity index (χ0n) is 8.83. The zero-order chi connectivity index (χ0) is 10.8. The number of hydrogen-bond donors (Lipinski definition) is 0. The molecule has 1 fully saturated rings. The van der Waals surface area contributed by atoms with E-state index in [1.165, 1.54) is 15.7 Å². The quantitative estimate of drug-likeness (QED) is 0.580. The predicted octanol–water partition coefficient (Wildman–Crippen LogP) is 4.36. The Morgan fingerprint density at radius 3 is 2.93 bits per heavy atom. The first kappa shape index (κ1) is 11.6. The molecule has 0 bridgehead atoms. The zero-order valence-corrected chi connectivity index (χ0v) is 11.8. The number of thiophene rings is 1. The standard InChI is InChI=1S/C12H15IOS/c1-8-3-2-4-9(5-8)12(14)10-6-11(13)15-7-10/h6-9H,2-5H2,1H3. The Morgan fingerprint density at radius 2 is 2.33 bits per heavy atom. The summed E-state index contributed by atoms with van der Waals surface area (Å²) in [5.41, 5.74) is 0.934. The van der Waals surface area contributed by atoms with Crippen LogP contribution in [0.25, 0.3) is 0 Å². The smallest absolute Gasteiger partial charge is 0.166 e. The lowest BCUT2D eigenvalue weighted by molar-refractivity contribution is 0.0869. The number of hydrogen-bond acceptors (Lipinski definition) is 2. The van der Waals surface area contributed by atoms with E-state index in [-0.39, 0.29) is 0 Å². The molecule has 1 aliphatic rings. The van der Waals surface area contributed by atoms with Gasteiger partial charge in [-0.3, -0.25) is 4.79 Å². The van der Waals surface area contributed by atoms with Crippen LogP contribution in [-0.2, 0) is 0 Å². The van der Waals surface area contributed by atoms with Crippen molar-refractivity contribution in [2.24, 2.45) is 11.8 Å². The van der Waals surface area contributed by atoms with E-state index in [4.69, 9.17) is 0 Å². The summed E-state index contributed by atoms with van der Waals surface area (Å²) in [6.45, 7) is 2.26. The summed E-state index contributed by atoms with van der Waals surface area (Å²) in [6, 6.07) is 2.02. The van der Waals surface area contributed by atoms with Crippen LogP contribution in [-0.4, -0.2) is 5.78 Å². The number of ketones is 1. The van der Waals surface area contributed by atoms with Crippen LogP contribution in [0.5, 0.6) is 0 Å². The topological polar surface area (TPSA) is 17.1 Å². The van der Waals surface area contributed by atoms with Crippen molar-refractivity contribution < 1.29 is 4.79 Å². The van der Waals surface area contributed by atoms with Gasteiger partial charge in [0.15, 0.2) is 5.78 Å². The van der Waals surface area contributed by atoms with Gasteiger partial charge in [-0.1, -0.05) is 19.8 Å². The number of halogens is 1. The largest absolute Gasteiger partial charge is 0.294 e. The van der Waals surface area contributed by atoms with Crippen molar-refractivity contribution in [3.63, 3.8) is 0 Å². The lowest BCUT2D eigenvalue weighted by Gasteiger charge is -2.25. The summed E-state index contributed by atoms with van der Waals surface area (Å²) in [5, 5.41) is 2.00. The monoisotopic (exact) mass is 334 g/mol. The van der Waals surface area contributed by atoms with E-state index in [9.17, 15) is 4.79 Å². The maximum Gasteiger partial charge on any atom is 0.166 e. The summed E-state index contributed by atoms with van der Waals surface area (Å²) in [5.74, 6) is 1.39. The molecular weight excluding hydrogens is 319 g/mol. The van der Waals surface area contributed by atoms with Crippen molar-refractivity contribution in [1.29, 1.82) is 0 Å². The Labute approximate surface area is 108 Å². The van der Waals surface area contributed by atoms with Crippen LogP contribution in [0.4, 0.5) is 0 Å². The third-order valence-corrected chi connectivity index (χ3v) is 4.95. The fourth-order valence-electron chi connectivity index (χ4n) is 2.35. The van der Waals surface area contributed by atoms with Gasteiger partial charge in [-0.25, -0.2) is 0 Å². The number of carbonyl (C=O) groups excluding carboxylic acids is 1. The van der Waals surface area contributed by atoms with E-state index in [0.29, 0.717) is 11.7 Å². The van der Waals surface area contributed by atoms with E-state index in [2.05, 4.69) is 29.5 Å². The maximum atomic E-state index is 12.2. The van der Waals surface area contributed by atoms with Crippen molar-refractivity contribution in [3.05, 3.63) is 19.9 Å². The average molecular weight is 334 g/mol. The van der Waals surface area contributed by atoms with Gasteiger partial charge in [-0.15, -0.1) is 11.3 Å². The van der Waals surface area contributed by atoms with Crippen LogP contribution in [0.3, 0.4) is 0 Å². The summed E-state index contributed by atoms with van der Waals surface area (Å²) in [6.07, 6.45) is 4.70. The van der Waals surface area contributed by atoms with Gasteiger partial charge in [0, 0.05) is 16.9 Å².